The molecule has 2 aromatic rings. The van der Waals surface area contributed by atoms with Crippen LogP contribution in [0.4, 0.5) is 5.69 Å². The molecule has 1 aliphatic carbocycles. The minimum atomic E-state index is 0.194. The van der Waals surface area contributed by atoms with Crippen LogP contribution in [0.3, 0.4) is 0 Å². The van der Waals surface area contributed by atoms with Gasteiger partial charge in [0.25, 0.3) is 0 Å². The predicted octanol–water partition coefficient (Wildman–Crippen LogP) is 3.63. The second-order valence-electron chi connectivity index (χ2n) is 6.35. The maximum atomic E-state index is 6.34. The number of rotatable bonds is 2. The molecule has 108 valence electrons. The first kappa shape index (κ1) is 12.9. The lowest BCUT2D eigenvalue weighted by Crippen LogP contribution is -2.34. The average molecular weight is 278 g/mol. The van der Waals surface area contributed by atoms with Crippen LogP contribution in [0, 0.1) is 0 Å². The highest BCUT2D eigenvalue weighted by atomic mass is 15.1. The van der Waals surface area contributed by atoms with Crippen molar-refractivity contribution in [1.82, 2.24) is 0 Å². The zero-order chi connectivity index (χ0) is 14.2. The first-order valence-electron chi connectivity index (χ1n) is 8.00. The molecule has 2 aliphatic rings. The molecule has 2 nitrogen and oxygen atoms in total. The highest BCUT2D eigenvalue weighted by Crippen LogP contribution is 2.38. The van der Waals surface area contributed by atoms with E-state index >= 15 is 0 Å². The number of benzene rings is 2. The van der Waals surface area contributed by atoms with Crippen molar-refractivity contribution in [3.8, 4) is 0 Å². The number of nitrogens with zero attached hydrogens (tertiary/aromatic N) is 1. The van der Waals surface area contributed by atoms with Crippen LogP contribution < -0.4 is 10.6 Å². The molecule has 2 heteroatoms. The van der Waals surface area contributed by atoms with Gasteiger partial charge in [0.15, 0.2) is 0 Å². The Bertz CT molecular complexity index is 650. The minimum absolute atomic E-state index is 0.194. The average Bonchev–Trinajstić information content (AvgIpc) is 2.65. The third-order valence-electron chi connectivity index (χ3n) is 5.02. The van der Waals surface area contributed by atoms with E-state index in [1.165, 1.54) is 29.7 Å². The van der Waals surface area contributed by atoms with E-state index in [1.807, 2.05) is 0 Å². The molecule has 1 aliphatic heterocycles. The van der Waals surface area contributed by atoms with Gasteiger partial charge in [-0.1, -0.05) is 42.5 Å². The summed E-state index contributed by atoms with van der Waals surface area (Å²) in [6.07, 6.45) is 3.50. The maximum Gasteiger partial charge on any atom is 0.0414 e. The molecule has 0 fully saturated rings. The first-order valence-corrected chi connectivity index (χ1v) is 8.00. The molecule has 0 amide bonds. The molecule has 21 heavy (non-hydrogen) atoms. The summed E-state index contributed by atoms with van der Waals surface area (Å²) in [5.74, 6) is 0.684. The Labute approximate surface area is 126 Å². The van der Waals surface area contributed by atoms with Crippen LogP contribution in [-0.2, 0) is 6.42 Å². The second-order valence-corrected chi connectivity index (χ2v) is 6.35. The summed E-state index contributed by atoms with van der Waals surface area (Å²) < 4.78 is 0. The summed E-state index contributed by atoms with van der Waals surface area (Å²) in [4.78, 5) is 2.56. The molecule has 2 atom stereocenters. The monoisotopic (exact) mass is 278 g/mol. The van der Waals surface area contributed by atoms with Gasteiger partial charge in [-0.05, 0) is 42.0 Å². The Morgan fingerprint density at radius 2 is 1.76 bits per heavy atom. The largest absolute Gasteiger partial charge is 0.371 e. The smallest absolute Gasteiger partial charge is 0.0414 e. The van der Waals surface area contributed by atoms with Gasteiger partial charge in [-0.2, -0.15) is 0 Å². The molecular formula is C19H22N2. The molecule has 0 saturated heterocycles. The number of fused-ring (bicyclic) bond motifs is 2. The highest BCUT2D eigenvalue weighted by molar-refractivity contribution is 5.56. The zero-order valence-corrected chi connectivity index (χ0v) is 12.3. The summed E-state index contributed by atoms with van der Waals surface area (Å²) in [6, 6.07) is 17.8. The Morgan fingerprint density at radius 1 is 1.00 bits per heavy atom. The van der Waals surface area contributed by atoms with Gasteiger partial charge < -0.3 is 10.6 Å². The van der Waals surface area contributed by atoms with Gasteiger partial charge in [0.05, 0.1) is 0 Å². The van der Waals surface area contributed by atoms with E-state index in [-0.39, 0.29) is 6.04 Å². The van der Waals surface area contributed by atoms with Gasteiger partial charge in [0, 0.05) is 30.7 Å². The van der Waals surface area contributed by atoms with E-state index in [2.05, 4.69) is 53.4 Å². The van der Waals surface area contributed by atoms with Crippen LogP contribution in [0.2, 0.25) is 0 Å². The van der Waals surface area contributed by atoms with Crippen molar-refractivity contribution in [1.29, 1.82) is 0 Å². The Kier molecular flexibility index (Phi) is 3.19. The molecule has 0 aromatic heterocycles. The van der Waals surface area contributed by atoms with Crippen LogP contribution in [0.5, 0.6) is 0 Å². The van der Waals surface area contributed by atoms with Crippen LogP contribution >= 0.6 is 0 Å². The highest BCUT2D eigenvalue weighted by Gasteiger charge is 2.29. The van der Waals surface area contributed by atoms with Crippen molar-refractivity contribution in [3.63, 3.8) is 0 Å². The first-order chi connectivity index (χ1) is 10.3. The Morgan fingerprint density at radius 3 is 2.62 bits per heavy atom. The Balaban J connectivity index is 1.60. The van der Waals surface area contributed by atoms with Gasteiger partial charge in [0.1, 0.15) is 0 Å². The van der Waals surface area contributed by atoms with Crippen LogP contribution in [0.15, 0.2) is 48.5 Å². The summed E-state index contributed by atoms with van der Waals surface area (Å²) in [5, 5.41) is 0. The van der Waals surface area contributed by atoms with Crippen LogP contribution in [0.1, 0.15) is 41.5 Å². The summed E-state index contributed by atoms with van der Waals surface area (Å²) in [7, 11) is 0. The number of anilines is 1. The van der Waals surface area contributed by atoms with E-state index < -0.39 is 0 Å². The van der Waals surface area contributed by atoms with E-state index in [0.717, 1.165) is 19.5 Å². The molecule has 4 rings (SSSR count). The summed E-state index contributed by atoms with van der Waals surface area (Å²) in [5.41, 5.74) is 12.1. The second kappa shape index (κ2) is 5.19. The fraction of sp³-hybridized carbons (Fsp3) is 0.368. The molecule has 1 heterocycles. The van der Waals surface area contributed by atoms with Gasteiger partial charge in [-0.3, -0.25) is 0 Å². The predicted molar refractivity (Wildman–Crippen MR) is 87.7 cm³/mol. The van der Waals surface area contributed by atoms with Gasteiger partial charge in [-0.25, -0.2) is 0 Å². The van der Waals surface area contributed by atoms with Crippen molar-refractivity contribution in [3.05, 3.63) is 65.2 Å². The summed E-state index contributed by atoms with van der Waals surface area (Å²) >= 11 is 0. The number of para-hydroxylation sites is 1. The van der Waals surface area contributed by atoms with E-state index in [0.29, 0.717) is 5.92 Å². The standard InChI is InChI=1S/C19H22N2/c20-18-9-5-11-21(19-10-4-3-8-17(18)19)13-15-12-14-6-1-2-7-16(14)15/h1-4,6-8,10,15,18H,5,9,11-13,20H2. The van der Waals surface area contributed by atoms with Crippen molar-refractivity contribution in [2.45, 2.75) is 31.2 Å². The molecule has 0 radical (unpaired) electrons. The zero-order valence-electron chi connectivity index (χ0n) is 12.3. The molecule has 0 saturated carbocycles. The van der Waals surface area contributed by atoms with Crippen LogP contribution in [-0.4, -0.2) is 13.1 Å². The van der Waals surface area contributed by atoms with Crippen molar-refractivity contribution in [2.75, 3.05) is 18.0 Å². The lowest BCUT2D eigenvalue weighted by Gasteiger charge is -2.36. The van der Waals surface area contributed by atoms with Gasteiger partial charge >= 0.3 is 0 Å². The fourth-order valence-electron chi connectivity index (χ4n) is 3.85. The van der Waals surface area contributed by atoms with E-state index in [1.54, 1.807) is 5.56 Å². The lowest BCUT2D eigenvalue weighted by atomic mass is 9.77. The normalized spacial score (nSPS) is 23.8. The third-order valence-corrected chi connectivity index (χ3v) is 5.02. The van der Waals surface area contributed by atoms with Crippen molar-refractivity contribution < 1.29 is 0 Å². The van der Waals surface area contributed by atoms with Crippen molar-refractivity contribution in [2.24, 2.45) is 5.73 Å². The van der Waals surface area contributed by atoms with E-state index in [4.69, 9.17) is 5.73 Å². The molecule has 2 aromatic carbocycles. The number of hydrogen-bond donors (Lipinski definition) is 1. The molecular weight excluding hydrogens is 256 g/mol. The third kappa shape index (κ3) is 2.24. The topological polar surface area (TPSA) is 29.3 Å². The Hall–Kier alpha value is -1.80. The quantitative estimate of drug-likeness (QED) is 0.909. The van der Waals surface area contributed by atoms with Crippen LogP contribution in [0.25, 0.3) is 0 Å². The van der Waals surface area contributed by atoms with Crippen molar-refractivity contribution >= 4 is 5.69 Å². The lowest BCUT2D eigenvalue weighted by molar-refractivity contribution is 0.569. The minimum Gasteiger partial charge on any atom is -0.371 e. The molecule has 2 unspecified atom stereocenters. The molecule has 0 spiro atoms. The molecule has 0 bridgehead atoms. The SMILES string of the molecule is NC1CCCN(CC2Cc3ccccc32)c2ccccc21. The van der Waals surface area contributed by atoms with E-state index in [9.17, 15) is 0 Å². The molecule has 2 N–H and O–H groups in total. The van der Waals surface area contributed by atoms with Gasteiger partial charge in [0.2, 0.25) is 0 Å². The maximum absolute atomic E-state index is 6.34. The summed E-state index contributed by atoms with van der Waals surface area (Å²) in [6.45, 7) is 2.25. The fourth-order valence-corrected chi connectivity index (χ4v) is 3.85. The number of hydrogen-bond acceptors (Lipinski definition) is 2. The van der Waals surface area contributed by atoms with Gasteiger partial charge in [-0.15, -0.1) is 0 Å². The number of nitrogens with two attached hydrogens (primary N) is 1.